The molecule has 188 valence electrons. The number of halogens is 4. The second kappa shape index (κ2) is 9.76. The van der Waals surface area contributed by atoms with E-state index in [0.29, 0.717) is 33.7 Å². The number of alkyl halides is 3. The summed E-state index contributed by atoms with van der Waals surface area (Å²) in [4.78, 5) is 16.0. The fraction of sp³-hybridized carbons (Fsp3) is 0.200. The third kappa shape index (κ3) is 5.35. The van der Waals surface area contributed by atoms with E-state index in [1.165, 1.54) is 25.3 Å². The minimum absolute atomic E-state index is 0.0407. The summed E-state index contributed by atoms with van der Waals surface area (Å²) < 4.78 is 64.7. The van der Waals surface area contributed by atoms with Crippen LogP contribution in [-0.2, 0) is 0 Å². The molecule has 2 aromatic carbocycles. The zero-order chi connectivity index (χ0) is 26.0. The molecule has 0 aliphatic rings. The SMILES string of the molecule is COc1ccc(Oc2cc(NCCC(F)(F)F)c3ncc(-c4ccc(C(N)=O)c(C)c4)n3c2)cc1F. The molecule has 11 heteroatoms. The summed E-state index contributed by atoms with van der Waals surface area (Å²) in [6.07, 6.45) is -2.24. The van der Waals surface area contributed by atoms with Gasteiger partial charge in [0.1, 0.15) is 11.5 Å². The van der Waals surface area contributed by atoms with Crippen molar-refractivity contribution in [3.05, 3.63) is 71.8 Å². The maximum absolute atomic E-state index is 14.2. The van der Waals surface area contributed by atoms with Gasteiger partial charge in [0.05, 0.1) is 37.3 Å². The van der Waals surface area contributed by atoms with Gasteiger partial charge in [0.25, 0.3) is 0 Å². The number of methoxy groups -OCH3 is 1. The molecule has 0 aliphatic carbocycles. The summed E-state index contributed by atoms with van der Waals surface area (Å²) in [6, 6.07) is 10.6. The van der Waals surface area contributed by atoms with E-state index in [4.69, 9.17) is 15.2 Å². The van der Waals surface area contributed by atoms with E-state index in [0.717, 1.165) is 6.07 Å². The van der Waals surface area contributed by atoms with E-state index < -0.39 is 24.3 Å². The number of pyridine rings is 1. The average molecular weight is 502 g/mol. The van der Waals surface area contributed by atoms with E-state index >= 15 is 0 Å². The first-order valence-corrected chi connectivity index (χ1v) is 10.8. The quantitative estimate of drug-likeness (QED) is 0.301. The van der Waals surface area contributed by atoms with Crippen LogP contribution in [0.2, 0.25) is 0 Å². The Kier molecular flexibility index (Phi) is 6.73. The van der Waals surface area contributed by atoms with Crippen molar-refractivity contribution in [3.63, 3.8) is 0 Å². The van der Waals surface area contributed by atoms with Crippen LogP contribution >= 0.6 is 0 Å². The zero-order valence-corrected chi connectivity index (χ0v) is 19.3. The van der Waals surface area contributed by atoms with Crippen molar-refractivity contribution in [3.8, 4) is 28.5 Å². The molecule has 0 aliphatic heterocycles. The number of aromatic nitrogens is 2. The Morgan fingerprint density at radius 1 is 1.14 bits per heavy atom. The summed E-state index contributed by atoms with van der Waals surface area (Å²) in [7, 11) is 1.34. The number of fused-ring (bicyclic) bond motifs is 1. The van der Waals surface area contributed by atoms with E-state index in [9.17, 15) is 22.4 Å². The number of amides is 1. The summed E-state index contributed by atoms with van der Waals surface area (Å²) in [5.41, 5.74) is 8.36. The van der Waals surface area contributed by atoms with Gasteiger partial charge in [0.15, 0.2) is 17.2 Å². The third-order valence-electron chi connectivity index (χ3n) is 5.45. The smallest absolute Gasteiger partial charge is 0.390 e. The highest BCUT2D eigenvalue weighted by atomic mass is 19.4. The molecule has 2 aromatic heterocycles. The molecular weight excluding hydrogens is 480 g/mol. The number of nitrogens with zero attached hydrogens (tertiary/aromatic N) is 2. The van der Waals surface area contributed by atoms with Gasteiger partial charge < -0.3 is 20.5 Å². The van der Waals surface area contributed by atoms with Gasteiger partial charge in [0, 0.05) is 29.8 Å². The lowest BCUT2D eigenvalue weighted by atomic mass is 10.0. The number of hydrogen-bond acceptors (Lipinski definition) is 5. The molecule has 0 radical (unpaired) electrons. The van der Waals surface area contributed by atoms with Crippen LogP contribution in [0.15, 0.2) is 54.9 Å². The Balaban J connectivity index is 1.77. The lowest BCUT2D eigenvalue weighted by molar-refractivity contribution is -0.131. The summed E-state index contributed by atoms with van der Waals surface area (Å²) in [6.45, 7) is 1.36. The molecule has 0 bridgehead atoms. The van der Waals surface area contributed by atoms with Gasteiger partial charge in [-0.15, -0.1) is 0 Å². The molecule has 36 heavy (non-hydrogen) atoms. The van der Waals surface area contributed by atoms with Crippen molar-refractivity contribution in [1.82, 2.24) is 9.38 Å². The number of aryl methyl sites for hydroxylation is 1. The molecular formula is C25H22F4N4O3. The average Bonchev–Trinajstić information content (AvgIpc) is 3.22. The monoisotopic (exact) mass is 502 g/mol. The number of hydrogen-bond donors (Lipinski definition) is 2. The topological polar surface area (TPSA) is 90.9 Å². The highest BCUT2D eigenvalue weighted by molar-refractivity contribution is 5.95. The number of nitrogens with two attached hydrogens (primary N) is 1. The number of rotatable bonds is 8. The molecule has 0 fully saturated rings. The van der Waals surface area contributed by atoms with Crippen LogP contribution in [-0.4, -0.2) is 35.1 Å². The standard InChI is InChI=1S/C25H22F4N4O3/c1-14-9-15(3-5-18(14)23(30)34)21-12-32-24-20(31-8-7-25(27,28)29)11-17(13-33(21)24)36-16-4-6-22(35-2)19(26)10-16/h3-6,9-13,31H,7-8H2,1-2H3,(H2,30,34). The molecule has 1 amide bonds. The van der Waals surface area contributed by atoms with Crippen LogP contribution in [0.3, 0.4) is 0 Å². The first-order chi connectivity index (χ1) is 17.1. The van der Waals surface area contributed by atoms with Crippen molar-refractivity contribution in [1.29, 1.82) is 0 Å². The van der Waals surface area contributed by atoms with Crippen molar-refractivity contribution in [2.24, 2.45) is 5.73 Å². The predicted octanol–water partition coefficient (Wildman–Crippen LogP) is 5.71. The fourth-order valence-corrected chi connectivity index (χ4v) is 3.75. The number of carbonyl (C=O) groups excluding carboxylic acids is 1. The Morgan fingerprint density at radius 2 is 1.92 bits per heavy atom. The molecule has 7 nitrogen and oxygen atoms in total. The molecule has 0 atom stereocenters. The number of primary amides is 1. The van der Waals surface area contributed by atoms with Gasteiger partial charge in [-0.3, -0.25) is 9.20 Å². The first kappa shape index (κ1) is 24.8. The minimum Gasteiger partial charge on any atom is -0.494 e. The van der Waals surface area contributed by atoms with Crippen molar-refractivity contribution in [2.45, 2.75) is 19.5 Å². The number of carbonyl (C=O) groups is 1. The minimum atomic E-state index is -4.34. The number of anilines is 1. The van der Waals surface area contributed by atoms with Gasteiger partial charge in [0.2, 0.25) is 5.91 Å². The molecule has 2 heterocycles. The van der Waals surface area contributed by atoms with Crippen molar-refractivity contribution < 1.29 is 31.8 Å². The molecule has 4 aromatic rings. The lowest BCUT2D eigenvalue weighted by Crippen LogP contribution is -2.15. The maximum Gasteiger partial charge on any atom is 0.390 e. The van der Waals surface area contributed by atoms with Gasteiger partial charge >= 0.3 is 6.18 Å². The van der Waals surface area contributed by atoms with Gasteiger partial charge in [-0.1, -0.05) is 6.07 Å². The summed E-state index contributed by atoms with van der Waals surface area (Å²) in [5.74, 6) is -0.758. The third-order valence-corrected chi connectivity index (χ3v) is 5.45. The molecule has 0 unspecified atom stereocenters. The number of ether oxygens (including phenoxy) is 2. The maximum atomic E-state index is 14.2. The normalized spacial score (nSPS) is 11.5. The van der Waals surface area contributed by atoms with E-state index in [2.05, 4.69) is 10.3 Å². The lowest BCUT2D eigenvalue weighted by Gasteiger charge is -2.14. The van der Waals surface area contributed by atoms with E-state index in [-0.39, 0.29) is 23.8 Å². The number of benzene rings is 2. The Bertz CT molecular complexity index is 1430. The highest BCUT2D eigenvalue weighted by Crippen LogP contribution is 2.33. The van der Waals surface area contributed by atoms with Gasteiger partial charge in [-0.2, -0.15) is 13.2 Å². The van der Waals surface area contributed by atoms with Crippen LogP contribution in [0, 0.1) is 12.7 Å². The first-order valence-electron chi connectivity index (χ1n) is 10.8. The van der Waals surface area contributed by atoms with Crippen LogP contribution in [0.5, 0.6) is 17.2 Å². The van der Waals surface area contributed by atoms with Crippen molar-refractivity contribution >= 4 is 17.2 Å². The van der Waals surface area contributed by atoms with Crippen LogP contribution in [0.4, 0.5) is 23.2 Å². The molecule has 0 saturated carbocycles. The van der Waals surface area contributed by atoms with Gasteiger partial charge in [-0.05, 0) is 36.8 Å². The molecule has 4 rings (SSSR count). The Morgan fingerprint density at radius 3 is 2.56 bits per heavy atom. The fourth-order valence-electron chi connectivity index (χ4n) is 3.75. The highest BCUT2D eigenvalue weighted by Gasteiger charge is 2.26. The predicted molar refractivity (Wildman–Crippen MR) is 126 cm³/mol. The van der Waals surface area contributed by atoms with Crippen LogP contribution in [0.1, 0.15) is 22.3 Å². The summed E-state index contributed by atoms with van der Waals surface area (Å²) in [5, 5.41) is 2.76. The van der Waals surface area contributed by atoms with E-state index in [1.54, 1.807) is 41.9 Å². The largest absolute Gasteiger partial charge is 0.494 e. The molecule has 3 N–H and O–H groups in total. The molecule has 0 spiro atoms. The Labute approximate surface area is 203 Å². The zero-order valence-electron chi connectivity index (χ0n) is 19.3. The van der Waals surface area contributed by atoms with Crippen LogP contribution < -0.4 is 20.5 Å². The second-order valence-corrected chi connectivity index (χ2v) is 8.01. The number of nitrogens with one attached hydrogen (secondary N) is 1. The van der Waals surface area contributed by atoms with Crippen LogP contribution in [0.25, 0.3) is 16.9 Å². The van der Waals surface area contributed by atoms with E-state index in [1.807, 2.05) is 0 Å². The summed E-state index contributed by atoms with van der Waals surface area (Å²) >= 11 is 0. The second-order valence-electron chi connectivity index (χ2n) is 8.01. The van der Waals surface area contributed by atoms with Crippen molar-refractivity contribution in [2.75, 3.05) is 19.0 Å². The molecule has 0 saturated heterocycles. The van der Waals surface area contributed by atoms with Gasteiger partial charge in [-0.25, -0.2) is 9.37 Å². The Hall–Kier alpha value is -4.28. The number of imidazole rings is 1.